The van der Waals surface area contributed by atoms with Crippen LogP contribution in [0.1, 0.15) is 54.3 Å². The molecule has 0 radical (unpaired) electrons. The molecular formula is C26H27N3O2S. The number of rotatable bonds is 5. The Morgan fingerprint density at radius 3 is 2.62 bits per heavy atom. The van der Waals surface area contributed by atoms with Gasteiger partial charge in [0.25, 0.3) is 0 Å². The van der Waals surface area contributed by atoms with Crippen LogP contribution in [-0.4, -0.2) is 25.6 Å². The number of pyridine rings is 1. The van der Waals surface area contributed by atoms with E-state index in [-0.39, 0.29) is 6.54 Å². The van der Waals surface area contributed by atoms with Crippen molar-refractivity contribution in [3.05, 3.63) is 58.9 Å². The maximum absolute atomic E-state index is 11.5. The Morgan fingerprint density at radius 2 is 1.91 bits per heavy atom. The summed E-state index contributed by atoms with van der Waals surface area (Å²) < 4.78 is 1.89. The lowest BCUT2D eigenvalue weighted by Crippen LogP contribution is -2.11. The largest absolute Gasteiger partial charge is 0.480 e. The maximum Gasteiger partial charge on any atom is 0.323 e. The van der Waals surface area contributed by atoms with Gasteiger partial charge in [0.1, 0.15) is 6.54 Å². The van der Waals surface area contributed by atoms with Crippen molar-refractivity contribution in [1.29, 1.82) is 0 Å². The van der Waals surface area contributed by atoms with E-state index in [4.69, 9.17) is 4.98 Å². The van der Waals surface area contributed by atoms with Gasteiger partial charge in [-0.1, -0.05) is 31.4 Å². The van der Waals surface area contributed by atoms with Gasteiger partial charge >= 0.3 is 5.97 Å². The monoisotopic (exact) mass is 445 g/mol. The number of nitrogens with zero attached hydrogens (tertiary/aromatic N) is 3. The highest BCUT2D eigenvalue weighted by Crippen LogP contribution is 2.39. The number of hydrogen-bond acceptors (Lipinski definition) is 4. The highest BCUT2D eigenvalue weighted by molar-refractivity contribution is 7.15. The van der Waals surface area contributed by atoms with E-state index < -0.39 is 5.97 Å². The number of benzene rings is 1. The van der Waals surface area contributed by atoms with Crippen LogP contribution in [0.4, 0.5) is 0 Å². The minimum atomic E-state index is -0.820. The number of hydrogen-bond donors (Lipinski definition) is 1. The van der Waals surface area contributed by atoms with E-state index in [0.29, 0.717) is 5.92 Å². The third kappa shape index (κ3) is 3.95. The van der Waals surface area contributed by atoms with Gasteiger partial charge in [-0.3, -0.25) is 4.79 Å². The molecule has 5 nitrogen and oxygen atoms in total. The highest BCUT2D eigenvalue weighted by atomic mass is 32.1. The number of carboxylic acids is 1. The quantitative estimate of drug-likeness (QED) is 0.377. The van der Waals surface area contributed by atoms with Crippen LogP contribution in [0.2, 0.25) is 0 Å². The first-order valence-corrected chi connectivity index (χ1v) is 12.1. The lowest BCUT2D eigenvalue weighted by molar-refractivity contribution is -0.137. The van der Waals surface area contributed by atoms with Gasteiger partial charge in [-0.25, -0.2) is 9.97 Å². The van der Waals surface area contributed by atoms with Crippen molar-refractivity contribution in [2.45, 2.75) is 58.4 Å². The van der Waals surface area contributed by atoms with E-state index in [1.54, 1.807) is 11.3 Å². The summed E-state index contributed by atoms with van der Waals surface area (Å²) in [5.41, 5.74) is 6.28. The second kappa shape index (κ2) is 8.51. The van der Waals surface area contributed by atoms with E-state index in [9.17, 15) is 9.90 Å². The smallest absolute Gasteiger partial charge is 0.323 e. The topological polar surface area (TPSA) is 68.0 Å². The van der Waals surface area contributed by atoms with Crippen LogP contribution in [0.5, 0.6) is 0 Å². The van der Waals surface area contributed by atoms with E-state index >= 15 is 0 Å². The standard InChI is InChI=1S/C26H27N3O2S/c1-16-26(32-17(2)27-16)23-11-8-19-14-20(9-10-22(19)28-23)25-21(18-6-4-3-5-7-18)12-13-29(25)15-24(30)31/h8-14,18H,3-7,15H2,1-2H3,(H,30,31). The summed E-state index contributed by atoms with van der Waals surface area (Å²) in [5, 5.41) is 11.6. The first-order chi connectivity index (χ1) is 15.5. The molecule has 1 aliphatic rings. The summed E-state index contributed by atoms with van der Waals surface area (Å²) >= 11 is 1.67. The zero-order valence-corrected chi connectivity index (χ0v) is 19.3. The zero-order valence-electron chi connectivity index (χ0n) is 18.5. The number of aliphatic carboxylic acids is 1. The molecule has 1 saturated carbocycles. The SMILES string of the molecule is Cc1nc(C)c(-c2ccc3cc(-c4c(C5CCCCC5)ccn4CC(=O)O)ccc3n2)s1. The van der Waals surface area contributed by atoms with Crippen molar-refractivity contribution in [3.8, 4) is 21.8 Å². The molecule has 1 aliphatic carbocycles. The van der Waals surface area contributed by atoms with E-state index in [0.717, 1.165) is 43.4 Å². The average molecular weight is 446 g/mol. The fourth-order valence-electron chi connectivity index (χ4n) is 5.01. The van der Waals surface area contributed by atoms with E-state index in [1.807, 2.05) is 24.6 Å². The molecule has 0 unspecified atom stereocenters. The Bertz CT molecular complexity index is 1300. The molecule has 1 N–H and O–H groups in total. The Labute approximate surface area is 191 Å². The van der Waals surface area contributed by atoms with Crippen LogP contribution in [0.15, 0.2) is 42.6 Å². The van der Waals surface area contributed by atoms with Gasteiger partial charge in [-0.15, -0.1) is 11.3 Å². The van der Waals surface area contributed by atoms with E-state index in [2.05, 4.69) is 41.4 Å². The highest BCUT2D eigenvalue weighted by Gasteiger charge is 2.23. The zero-order chi connectivity index (χ0) is 22.2. The molecule has 4 aromatic rings. The lowest BCUT2D eigenvalue weighted by Gasteiger charge is -2.23. The molecule has 0 amide bonds. The van der Waals surface area contributed by atoms with Crippen molar-refractivity contribution < 1.29 is 9.90 Å². The molecule has 164 valence electrons. The predicted molar refractivity (Wildman–Crippen MR) is 129 cm³/mol. The Morgan fingerprint density at radius 1 is 1.09 bits per heavy atom. The van der Waals surface area contributed by atoms with Crippen molar-refractivity contribution in [1.82, 2.24) is 14.5 Å². The van der Waals surface area contributed by atoms with Gasteiger partial charge in [-0.2, -0.15) is 0 Å². The number of aromatic nitrogens is 3. The van der Waals surface area contributed by atoms with Gasteiger partial charge in [0, 0.05) is 11.6 Å². The summed E-state index contributed by atoms with van der Waals surface area (Å²) in [4.78, 5) is 22.1. The second-order valence-corrected chi connectivity index (χ2v) is 9.93. The number of aryl methyl sites for hydroxylation is 2. The second-order valence-electron chi connectivity index (χ2n) is 8.73. The lowest BCUT2D eigenvalue weighted by atomic mass is 9.83. The van der Waals surface area contributed by atoms with Crippen LogP contribution in [0.25, 0.3) is 32.7 Å². The molecule has 32 heavy (non-hydrogen) atoms. The molecule has 0 aliphatic heterocycles. The van der Waals surface area contributed by atoms with Crippen molar-refractivity contribution in [2.24, 2.45) is 0 Å². The van der Waals surface area contributed by atoms with Gasteiger partial charge in [0.05, 0.1) is 32.5 Å². The number of carbonyl (C=O) groups is 1. The molecule has 5 rings (SSSR count). The molecule has 3 heterocycles. The number of carboxylic acid groups (broad SMARTS) is 1. The van der Waals surface area contributed by atoms with Crippen LogP contribution in [0.3, 0.4) is 0 Å². The molecule has 1 fully saturated rings. The maximum atomic E-state index is 11.5. The summed E-state index contributed by atoms with van der Waals surface area (Å²) in [7, 11) is 0. The van der Waals surface area contributed by atoms with Crippen molar-refractivity contribution >= 4 is 28.2 Å². The van der Waals surface area contributed by atoms with E-state index in [1.165, 1.54) is 37.7 Å². The predicted octanol–water partition coefficient (Wildman–Crippen LogP) is 6.58. The van der Waals surface area contributed by atoms with Crippen molar-refractivity contribution in [3.63, 3.8) is 0 Å². The number of fused-ring (bicyclic) bond motifs is 1. The summed E-state index contributed by atoms with van der Waals surface area (Å²) in [6.07, 6.45) is 8.08. The fraction of sp³-hybridized carbons (Fsp3) is 0.346. The first kappa shape index (κ1) is 20.9. The molecule has 0 atom stereocenters. The summed E-state index contributed by atoms with van der Waals surface area (Å²) in [5.74, 6) is -0.318. The molecule has 1 aromatic carbocycles. The normalized spacial score (nSPS) is 14.8. The van der Waals surface area contributed by atoms with Gasteiger partial charge in [-0.05, 0) is 68.0 Å². The molecule has 3 aromatic heterocycles. The van der Waals surface area contributed by atoms with Crippen LogP contribution >= 0.6 is 11.3 Å². The van der Waals surface area contributed by atoms with Crippen LogP contribution < -0.4 is 0 Å². The minimum absolute atomic E-state index is 0.0265. The first-order valence-electron chi connectivity index (χ1n) is 11.3. The third-order valence-corrected chi connectivity index (χ3v) is 7.54. The molecule has 0 spiro atoms. The average Bonchev–Trinajstić information content (AvgIpc) is 3.35. The minimum Gasteiger partial charge on any atom is -0.480 e. The Hall–Kier alpha value is -2.99. The molecular weight excluding hydrogens is 418 g/mol. The molecule has 6 heteroatoms. The van der Waals surface area contributed by atoms with Crippen LogP contribution in [-0.2, 0) is 11.3 Å². The Kier molecular flexibility index (Phi) is 5.55. The van der Waals surface area contributed by atoms with Gasteiger partial charge in [0.2, 0.25) is 0 Å². The summed E-state index contributed by atoms with van der Waals surface area (Å²) in [6, 6.07) is 12.6. The van der Waals surface area contributed by atoms with Crippen molar-refractivity contribution in [2.75, 3.05) is 0 Å². The Balaban J connectivity index is 1.58. The fourth-order valence-corrected chi connectivity index (χ4v) is 5.90. The van der Waals surface area contributed by atoms with Gasteiger partial charge in [0.15, 0.2) is 0 Å². The molecule has 0 saturated heterocycles. The van der Waals surface area contributed by atoms with Crippen LogP contribution in [0, 0.1) is 13.8 Å². The summed E-state index contributed by atoms with van der Waals surface area (Å²) in [6.45, 7) is 4.02. The number of thiazole rings is 1. The van der Waals surface area contributed by atoms with Gasteiger partial charge < -0.3 is 9.67 Å². The molecule has 0 bridgehead atoms. The third-order valence-electron chi connectivity index (χ3n) is 6.44.